The van der Waals surface area contributed by atoms with Crippen LogP contribution in [0.1, 0.15) is 27.2 Å². The number of hydrogen-bond donors (Lipinski definition) is 2. The molecule has 0 saturated carbocycles. The Kier molecular flexibility index (Phi) is 8.55. The minimum atomic E-state index is -0.372. The highest BCUT2D eigenvalue weighted by Gasteiger charge is 2.14. The molecule has 0 aromatic heterocycles. The van der Waals surface area contributed by atoms with E-state index in [0.29, 0.717) is 13.2 Å². The zero-order valence-corrected chi connectivity index (χ0v) is 11.1. The van der Waals surface area contributed by atoms with E-state index in [1.54, 1.807) is 11.8 Å². The number of ether oxygens (including phenoxy) is 1. The Balaban J connectivity index is 4.12. The molecule has 0 aromatic rings. The monoisotopic (exact) mass is 259 g/mol. The van der Waals surface area contributed by atoms with Gasteiger partial charge in [0.2, 0.25) is 5.91 Å². The fourth-order valence-electron chi connectivity index (χ4n) is 1.32. The van der Waals surface area contributed by atoms with Crippen molar-refractivity contribution < 1.29 is 19.1 Å². The van der Waals surface area contributed by atoms with Gasteiger partial charge in [-0.3, -0.25) is 30.1 Å². The maximum atomic E-state index is 11.5. The van der Waals surface area contributed by atoms with Gasteiger partial charge >= 0.3 is 5.97 Å². The van der Waals surface area contributed by atoms with Crippen molar-refractivity contribution in [2.45, 2.75) is 27.2 Å². The van der Waals surface area contributed by atoms with Crippen LogP contribution in [0.3, 0.4) is 0 Å². The van der Waals surface area contributed by atoms with Gasteiger partial charge in [0.05, 0.1) is 19.7 Å². The molecule has 0 aliphatic heterocycles. The van der Waals surface area contributed by atoms with Gasteiger partial charge in [0.25, 0.3) is 5.91 Å². The highest BCUT2D eigenvalue weighted by atomic mass is 16.5. The van der Waals surface area contributed by atoms with E-state index in [9.17, 15) is 14.4 Å². The smallest absolute Gasteiger partial charge is 0.320 e. The van der Waals surface area contributed by atoms with E-state index in [0.717, 1.165) is 6.42 Å². The van der Waals surface area contributed by atoms with Gasteiger partial charge in [-0.1, -0.05) is 6.92 Å². The molecule has 0 saturated heterocycles. The molecule has 0 radical (unpaired) electrons. The van der Waals surface area contributed by atoms with Crippen molar-refractivity contribution in [3.63, 3.8) is 0 Å². The SMILES string of the molecule is CCCN(CC(=O)NNC(C)=O)CC(=O)OCC. The molecule has 0 bridgehead atoms. The summed E-state index contributed by atoms with van der Waals surface area (Å²) in [6.45, 7) is 5.99. The van der Waals surface area contributed by atoms with Crippen molar-refractivity contribution in [1.82, 2.24) is 15.8 Å². The van der Waals surface area contributed by atoms with Crippen LogP contribution in [0.2, 0.25) is 0 Å². The first-order valence-electron chi connectivity index (χ1n) is 5.93. The van der Waals surface area contributed by atoms with Crippen molar-refractivity contribution >= 4 is 17.8 Å². The van der Waals surface area contributed by atoms with Crippen LogP contribution in [-0.2, 0) is 19.1 Å². The highest BCUT2D eigenvalue weighted by Crippen LogP contribution is 1.93. The third-order valence-corrected chi connectivity index (χ3v) is 1.94. The molecule has 7 nitrogen and oxygen atoms in total. The van der Waals surface area contributed by atoms with Gasteiger partial charge in [0.15, 0.2) is 0 Å². The van der Waals surface area contributed by atoms with Gasteiger partial charge in [-0.15, -0.1) is 0 Å². The molecule has 2 amide bonds. The van der Waals surface area contributed by atoms with Crippen LogP contribution in [0.15, 0.2) is 0 Å². The van der Waals surface area contributed by atoms with E-state index in [1.807, 2.05) is 6.92 Å². The van der Waals surface area contributed by atoms with E-state index < -0.39 is 0 Å². The van der Waals surface area contributed by atoms with Crippen LogP contribution in [0.25, 0.3) is 0 Å². The first-order chi connectivity index (χ1) is 8.49. The molecule has 0 aliphatic rings. The summed E-state index contributed by atoms with van der Waals surface area (Å²) in [5, 5.41) is 0. The Morgan fingerprint density at radius 3 is 2.28 bits per heavy atom. The van der Waals surface area contributed by atoms with Crippen molar-refractivity contribution in [2.75, 3.05) is 26.2 Å². The summed E-state index contributed by atoms with van der Waals surface area (Å²) in [5.74, 6) is -1.09. The third-order valence-electron chi connectivity index (χ3n) is 1.94. The fourth-order valence-corrected chi connectivity index (χ4v) is 1.32. The zero-order chi connectivity index (χ0) is 14.0. The number of esters is 1. The molecule has 7 heteroatoms. The number of nitrogens with zero attached hydrogens (tertiary/aromatic N) is 1. The van der Waals surface area contributed by atoms with Gasteiger partial charge in [0, 0.05) is 6.92 Å². The maximum Gasteiger partial charge on any atom is 0.320 e. The Bertz CT molecular complexity index is 294. The summed E-state index contributed by atoms with van der Waals surface area (Å²) in [4.78, 5) is 35.0. The highest BCUT2D eigenvalue weighted by molar-refractivity contribution is 5.82. The summed E-state index contributed by atoms with van der Waals surface area (Å²) in [6, 6.07) is 0. The van der Waals surface area contributed by atoms with Crippen LogP contribution in [0.4, 0.5) is 0 Å². The normalized spacial score (nSPS) is 10.0. The number of hydrazine groups is 1. The van der Waals surface area contributed by atoms with Crippen molar-refractivity contribution in [3.05, 3.63) is 0 Å². The Labute approximate surface area is 107 Å². The minimum absolute atomic E-state index is 0.0347. The molecule has 0 heterocycles. The molecule has 0 spiro atoms. The lowest BCUT2D eigenvalue weighted by Gasteiger charge is -2.19. The fraction of sp³-hybridized carbons (Fsp3) is 0.727. The molecular weight excluding hydrogens is 238 g/mol. The molecule has 0 fully saturated rings. The number of carbonyl (C=O) groups is 3. The van der Waals surface area contributed by atoms with Gasteiger partial charge in [-0.05, 0) is 19.9 Å². The second-order valence-electron chi connectivity index (χ2n) is 3.75. The van der Waals surface area contributed by atoms with Gasteiger partial charge in [-0.2, -0.15) is 0 Å². The molecule has 0 rings (SSSR count). The summed E-state index contributed by atoms with van der Waals surface area (Å²) >= 11 is 0. The Hall–Kier alpha value is -1.63. The molecular formula is C11H21N3O4. The standard InChI is InChI=1S/C11H21N3O4/c1-4-6-14(8-11(17)18-5-2)7-10(16)13-12-9(3)15/h4-8H2,1-3H3,(H,12,15)(H,13,16). The number of rotatable bonds is 7. The average Bonchev–Trinajstić information content (AvgIpc) is 2.27. The van der Waals surface area contributed by atoms with Crippen molar-refractivity contribution in [1.29, 1.82) is 0 Å². The van der Waals surface area contributed by atoms with E-state index >= 15 is 0 Å². The molecule has 0 unspecified atom stereocenters. The summed E-state index contributed by atoms with van der Waals surface area (Å²) in [7, 11) is 0. The third kappa shape index (κ3) is 8.51. The van der Waals surface area contributed by atoms with Crippen molar-refractivity contribution in [3.8, 4) is 0 Å². The molecule has 0 aromatic carbocycles. The maximum absolute atomic E-state index is 11.5. The van der Waals surface area contributed by atoms with Gasteiger partial charge in [-0.25, -0.2) is 0 Å². The number of carbonyl (C=O) groups excluding carboxylic acids is 3. The second-order valence-corrected chi connectivity index (χ2v) is 3.75. The second kappa shape index (κ2) is 9.41. The van der Waals surface area contributed by atoms with Crippen LogP contribution < -0.4 is 10.9 Å². The van der Waals surface area contributed by atoms with Crippen LogP contribution >= 0.6 is 0 Å². The zero-order valence-electron chi connectivity index (χ0n) is 11.1. The lowest BCUT2D eigenvalue weighted by atomic mass is 10.4. The summed E-state index contributed by atoms with van der Waals surface area (Å²) in [6.07, 6.45) is 0.812. The van der Waals surface area contributed by atoms with Crippen LogP contribution in [-0.4, -0.2) is 48.9 Å². The van der Waals surface area contributed by atoms with E-state index in [-0.39, 0.29) is 30.9 Å². The summed E-state index contributed by atoms with van der Waals surface area (Å²) < 4.78 is 4.82. The van der Waals surface area contributed by atoms with Crippen molar-refractivity contribution in [2.24, 2.45) is 0 Å². The topological polar surface area (TPSA) is 87.7 Å². The lowest BCUT2D eigenvalue weighted by molar-refractivity contribution is -0.144. The predicted octanol–water partition coefficient (Wildman–Crippen LogP) is -0.571. The number of nitrogens with one attached hydrogen (secondary N) is 2. The molecule has 18 heavy (non-hydrogen) atoms. The van der Waals surface area contributed by atoms with E-state index in [2.05, 4.69) is 10.9 Å². The first-order valence-corrected chi connectivity index (χ1v) is 5.93. The largest absolute Gasteiger partial charge is 0.465 e. The molecule has 2 N–H and O–H groups in total. The van der Waals surface area contributed by atoms with Crippen LogP contribution in [0, 0.1) is 0 Å². The van der Waals surface area contributed by atoms with Gasteiger partial charge < -0.3 is 4.74 Å². The molecule has 0 aliphatic carbocycles. The van der Waals surface area contributed by atoms with Gasteiger partial charge in [0.1, 0.15) is 0 Å². The van der Waals surface area contributed by atoms with E-state index in [1.165, 1.54) is 6.92 Å². The number of amides is 2. The van der Waals surface area contributed by atoms with Crippen LogP contribution in [0.5, 0.6) is 0 Å². The lowest BCUT2D eigenvalue weighted by Crippen LogP contribution is -2.46. The Morgan fingerprint density at radius 1 is 1.11 bits per heavy atom. The summed E-state index contributed by atoms with van der Waals surface area (Å²) in [5.41, 5.74) is 4.43. The quantitative estimate of drug-likeness (QED) is 0.472. The predicted molar refractivity (Wildman–Crippen MR) is 65.3 cm³/mol. The molecule has 0 atom stereocenters. The first kappa shape index (κ1) is 16.4. The number of hydrogen-bond acceptors (Lipinski definition) is 5. The average molecular weight is 259 g/mol. The Morgan fingerprint density at radius 2 is 1.78 bits per heavy atom. The molecule has 104 valence electrons. The minimum Gasteiger partial charge on any atom is -0.465 e. The van der Waals surface area contributed by atoms with E-state index in [4.69, 9.17) is 4.74 Å².